The molecule has 0 amide bonds. The quantitative estimate of drug-likeness (QED) is 0.550. The minimum absolute atomic E-state index is 0.300. The molecule has 1 aliphatic rings. The van der Waals surface area contributed by atoms with Crippen LogP contribution in [0.5, 0.6) is 0 Å². The van der Waals surface area contributed by atoms with Crippen LogP contribution in [0.4, 0.5) is 30.7 Å². The van der Waals surface area contributed by atoms with Gasteiger partial charge in [-0.2, -0.15) is 26.3 Å². The van der Waals surface area contributed by atoms with Crippen molar-refractivity contribution < 1.29 is 30.7 Å². The Labute approximate surface area is 99.9 Å². The maximum Gasteiger partial charge on any atom is 0.395 e. The Hall–Kier alpha value is -0.530. The predicted octanol–water partition coefficient (Wildman–Crippen LogP) is 3.75. The van der Waals surface area contributed by atoms with Gasteiger partial charge in [0.15, 0.2) is 6.30 Å². The summed E-state index contributed by atoms with van der Waals surface area (Å²) in [4.78, 5) is 0.834. The van der Waals surface area contributed by atoms with Gasteiger partial charge in [-0.15, -0.1) is 0 Å². The normalized spacial score (nSPS) is 24.0. The molecule has 1 aliphatic heterocycles. The Bertz CT molecular complexity index is 264. The van der Waals surface area contributed by atoms with Gasteiger partial charge in [0.05, 0.1) is 11.8 Å². The summed E-state index contributed by atoms with van der Waals surface area (Å²) in [7, 11) is 0. The molecule has 0 spiro atoms. The van der Waals surface area contributed by atoms with E-state index in [2.05, 4.69) is 0 Å². The van der Waals surface area contributed by atoms with Crippen molar-refractivity contribution in [1.82, 2.24) is 4.90 Å². The van der Waals surface area contributed by atoms with Gasteiger partial charge < -0.3 is 0 Å². The van der Waals surface area contributed by atoms with Crippen molar-refractivity contribution in [3.8, 4) is 0 Å². The highest BCUT2D eigenvalue weighted by Crippen LogP contribution is 2.37. The van der Waals surface area contributed by atoms with Crippen LogP contribution in [-0.4, -0.2) is 36.6 Å². The van der Waals surface area contributed by atoms with Crippen molar-refractivity contribution in [1.29, 1.82) is 0 Å². The molecule has 0 aromatic carbocycles. The topological polar surface area (TPSA) is 3.24 Å². The molecule has 1 saturated heterocycles. The average molecular weight is 281 g/mol. The maximum absolute atomic E-state index is 13.5. The number of alkyl halides is 7. The third-order valence-corrected chi connectivity index (χ3v) is 3.27. The fraction of sp³-hybridized carbons (Fsp3) is 1.00. The molecule has 0 saturated carbocycles. The Balaban J connectivity index is 2.53. The minimum atomic E-state index is -4.68. The first kappa shape index (κ1) is 15.5. The van der Waals surface area contributed by atoms with E-state index in [0.29, 0.717) is 6.92 Å². The summed E-state index contributed by atoms with van der Waals surface area (Å²) >= 11 is 0. The fourth-order valence-electron chi connectivity index (χ4n) is 1.95. The Kier molecular flexibility index (Phi) is 4.51. The number of hydrogen-bond donors (Lipinski definition) is 0. The van der Waals surface area contributed by atoms with Crippen LogP contribution in [0.1, 0.15) is 19.8 Å². The second kappa shape index (κ2) is 5.22. The van der Waals surface area contributed by atoms with Crippen LogP contribution in [0.2, 0.25) is 0 Å². The second-order valence-corrected chi connectivity index (χ2v) is 4.55. The average Bonchev–Trinajstić information content (AvgIpc) is 2.25. The summed E-state index contributed by atoms with van der Waals surface area (Å²) < 4.78 is 87.3. The van der Waals surface area contributed by atoms with E-state index < -0.39 is 30.5 Å². The molecular formula is C10H14F7N. The van der Waals surface area contributed by atoms with E-state index in [4.69, 9.17) is 0 Å². The monoisotopic (exact) mass is 281 g/mol. The molecule has 0 radical (unpaired) electrons. The number of piperidine rings is 1. The summed E-state index contributed by atoms with van der Waals surface area (Å²) in [5.41, 5.74) is 0. The minimum Gasteiger partial charge on any atom is -0.273 e. The molecule has 8 heteroatoms. The van der Waals surface area contributed by atoms with Gasteiger partial charge in [-0.05, 0) is 19.8 Å². The molecule has 1 heterocycles. The lowest BCUT2D eigenvalue weighted by Gasteiger charge is -2.37. The SMILES string of the molecule is CC(C(F)N1CCC(C(F)(F)F)CC1)C(F)(F)F. The molecule has 0 bridgehead atoms. The molecule has 18 heavy (non-hydrogen) atoms. The molecular weight excluding hydrogens is 267 g/mol. The highest BCUT2D eigenvalue weighted by molar-refractivity contribution is 4.81. The molecule has 2 atom stereocenters. The molecule has 1 nitrogen and oxygen atoms in total. The lowest BCUT2D eigenvalue weighted by molar-refractivity contribution is -0.214. The zero-order chi connectivity index (χ0) is 14.1. The Morgan fingerprint density at radius 2 is 1.44 bits per heavy atom. The van der Waals surface area contributed by atoms with E-state index in [0.717, 1.165) is 4.90 Å². The van der Waals surface area contributed by atoms with Crippen LogP contribution in [0, 0.1) is 11.8 Å². The van der Waals surface area contributed by atoms with Gasteiger partial charge in [0.1, 0.15) is 0 Å². The highest BCUT2D eigenvalue weighted by Gasteiger charge is 2.47. The highest BCUT2D eigenvalue weighted by atomic mass is 19.4. The van der Waals surface area contributed by atoms with Gasteiger partial charge in [0.2, 0.25) is 0 Å². The first-order valence-electron chi connectivity index (χ1n) is 5.55. The van der Waals surface area contributed by atoms with Gasteiger partial charge in [0, 0.05) is 13.1 Å². The zero-order valence-electron chi connectivity index (χ0n) is 9.65. The van der Waals surface area contributed by atoms with Crippen molar-refractivity contribution in [2.75, 3.05) is 13.1 Å². The summed E-state index contributed by atoms with van der Waals surface area (Å²) in [6.07, 6.45) is -12.0. The fourth-order valence-corrected chi connectivity index (χ4v) is 1.95. The van der Waals surface area contributed by atoms with Crippen molar-refractivity contribution in [3.63, 3.8) is 0 Å². The Morgan fingerprint density at radius 3 is 1.78 bits per heavy atom. The van der Waals surface area contributed by atoms with E-state index in [9.17, 15) is 30.7 Å². The molecule has 1 rings (SSSR count). The number of halogens is 7. The number of rotatable bonds is 2. The molecule has 1 fully saturated rings. The summed E-state index contributed by atoms with van der Waals surface area (Å²) in [5.74, 6) is -3.73. The van der Waals surface area contributed by atoms with Crippen LogP contribution in [-0.2, 0) is 0 Å². The van der Waals surface area contributed by atoms with Gasteiger partial charge in [-0.3, -0.25) is 4.90 Å². The van der Waals surface area contributed by atoms with Crippen molar-refractivity contribution in [3.05, 3.63) is 0 Å². The van der Waals surface area contributed by atoms with Crippen molar-refractivity contribution in [2.45, 2.75) is 38.4 Å². The number of hydrogen-bond acceptors (Lipinski definition) is 1. The molecule has 0 aromatic rings. The van der Waals surface area contributed by atoms with Crippen molar-refractivity contribution >= 4 is 0 Å². The van der Waals surface area contributed by atoms with E-state index in [1.807, 2.05) is 0 Å². The Morgan fingerprint density at radius 1 is 1.00 bits per heavy atom. The largest absolute Gasteiger partial charge is 0.395 e. The van der Waals surface area contributed by atoms with Gasteiger partial charge in [0.25, 0.3) is 0 Å². The third-order valence-electron chi connectivity index (χ3n) is 3.27. The summed E-state index contributed by atoms with van der Waals surface area (Å²) in [6.45, 7) is 0.0953. The number of likely N-dealkylation sites (tertiary alicyclic amines) is 1. The van der Waals surface area contributed by atoms with Crippen LogP contribution in [0.25, 0.3) is 0 Å². The smallest absolute Gasteiger partial charge is 0.273 e. The van der Waals surface area contributed by atoms with E-state index in [1.165, 1.54) is 0 Å². The van der Waals surface area contributed by atoms with Gasteiger partial charge in [-0.25, -0.2) is 4.39 Å². The molecule has 2 unspecified atom stereocenters. The van der Waals surface area contributed by atoms with Crippen molar-refractivity contribution in [2.24, 2.45) is 11.8 Å². The molecule has 0 aliphatic carbocycles. The van der Waals surface area contributed by atoms with E-state index in [-0.39, 0.29) is 25.9 Å². The van der Waals surface area contributed by atoms with Gasteiger partial charge >= 0.3 is 12.4 Å². The molecule has 0 N–H and O–H groups in total. The predicted molar refractivity (Wildman–Crippen MR) is 50.5 cm³/mol. The van der Waals surface area contributed by atoms with E-state index in [1.54, 1.807) is 0 Å². The number of nitrogens with zero attached hydrogens (tertiary/aromatic N) is 1. The second-order valence-electron chi connectivity index (χ2n) is 4.55. The summed E-state index contributed by atoms with van der Waals surface area (Å²) in [6, 6.07) is 0. The summed E-state index contributed by atoms with van der Waals surface area (Å²) in [5, 5.41) is 0. The maximum atomic E-state index is 13.5. The van der Waals surface area contributed by atoms with Gasteiger partial charge in [-0.1, -0.05) is 0 Å². The zero-order valence-corrected chi connectivity index (χ0v) is 9.65. The first-order chi connectivity index (χ1) is 8.03. The molecule has 0 aromatic heterocycles. The van der Waals surface area contributed by atoms with Crippen LogP contribution >= 0.6 is 0 Å². The van der Waals surface area contributed by atoms with Crippen LogP contribution < -0.4 is 0 Å². The van der Waals surface area contributed by atoms with Crippen LogP contribution in [0.15, 0.2) is 0 Å². The lowest BCUT2D eigenvalue weighted by atomic mass is 9.95. The third kappa shape index (κ3) is 3.73. The van der Waals surface area contributed by atoms with Crippen LogP contribution in [0.3, 0.4) is 0 Å². The molecule has 108 valence electrons. The standard InChI is InChI=1S/C10H14F7N/c1-6(9(12,13)14)8(11)18-4-2-7(3-5-18)10(15,16)17/h6-8H,2-5H2,1H3. The lowest BCUT2D eigenvalue weighted by Crippen LogP contribution is -2.47. The first-order valence-corrected chi connectivity index (χ1v) is 5.55. The van der Waals surface area contributed by atoms with E-state index >= 15 is 0 Å².